The maximum absolute atomic E-state index is 3.98. The van der Waals surface area contributed by atoms with Crippen LogP contribution < -0.4 is 5.32 Å². The van der Waals surface area contributed by atoms with E-state index in [1.54, 1.807) is 0 Å². The Morgan fingerprint density at radius 2 is 2.53 bits per heavy atom. The van der Waals surface area contributed by atoms with Gasteiger partial charge >= 0.3 is 0 Å². The second-order valence-corrected chi connectivity index (χ2v) is 4.68. The summed E-state index contributed by atoms with van der Waals surface area (Å²) in [5.74, 6) is 0. The van der Waals surface area contributed by atoms with Crippen LogP contribution in [0.25, 0.3) is 0 Å². The average molecular weight is 220 g/mol. The number of rotatable bonds is 1. The summed E-state index contributed by atoms with van der Waals surface area (Å²) >= 11 is 1.81. The lowest BCUT2D eigenvalue weighted by atomic mass is 10.0. The van der Waals surface area contributed by atoms with Gasteiger partial charge < -0.3 is 5.32 Å². The average Bonchev–Trinajstić information content (AvgIpc) is 2.85. The van der Waals surface area contributed by atoms with Gasteiger partial charge in [-0.3, -0.25) is 4.68 Å². The Bertz CT molecular complexity index is 473. The summed E-state index contributed by atoms with van der Waals surface area (Å²) in [5.41, 5.74) is 2.60. The Morgan fingerprint density at radius 3 is 3.33 bits per heavy atom. The fourth-order valence-electron chi connectivity index (χ4n) is 2.05. The summed E-state index contributed by atoms with van der Waals surface area (Å²) in [7, 11) is 1.94. The number of aromatic nitrogens is 3. The summed E-state index contributed by atoms with van der Waals surface area (Å²) in [5, 5.41) is 13.6. The Hall–Kier alpha value is -1.20. The maximum Gasteiger partial charge on any atom is 0.0861 e. The van der Waals surface area contributed by atoms with Crippen LogP contribution in [0.15, 0.2) is 17.6 Å². The van der Waals surface area contributed by atoms with E-state index in [1.165, 1.54) is 10.4 Å². The van der Waals surface area contributed by atoms with Gasteiger partial charge in [0.05, 0.1) is 17.9 Å². The molecule has 15 heavy (non-hydrogen) atoms. The Kier molecular flexibility index (Phi) is 2.07. The summed E-state index contributed by atoms with van der Waals surface area (Å²) in [4.78, 5) is 1.41. The Morgan fingerprint density at radius 1 is 1.60 bits per heavy atom. The first-order valence-electron chi connectivity index (χ1n) is 5.00. The van der Waals surface area contributed by atoms with Gasteiger partial charge in [-0.2, -0.15) is 0 Å². The van der Waals surface area contributed by atoms with Gasteiger partial charge in [0.25, 0.3) is 0 Å². The molecule has 0 radical (unpaired) electrons. The smallest absolute Gasteiger partial charge is 0.0861 e. The zero-order valence-electron chi connectivity index (χ0n) is 8.47. The third kappa shape index (κ3) is 1.39. The zero-order valence-corrected chi connectivity index (χ0v) is 9.29. The molecule has 1 atom stereocenters. The molecule has 3 heterocycles. The molecular weight excluding hydrogens is 208 g/mol. The fourth-order valence-corrected chi connectivity index (χ4v) is 3.09. The van der Waals surface area contributed by atoms with Crippen molar-refractivity contribution in [2.24, 2.45) is 7.05 Å². The minimum absolute atomic E-state index is 0.272. The number of hydrogen-bond acceptors (Lipinski definition) is 4. The van der Waals surface area contributed by atoms with Crippen molar-refractivity contribution in [1.82, 2.24) is 20.3 Å². The lowest BCUT2D eigenvalue weighted by Gasteiger charge is -2.23. The largest absolute Gasteiger partial charge is 0.304 e. The van der Waals surface area contributed by atoms with Crippen molar-refractivity contribution in [2.45, 2.75) is 12.5 Å². The minimum Gasteiger partial charge on any atom is -0.304 e. The number of hydrogen-bond donors (Lipinski definition) is 1. The lowest BCUT2D eigenvalue weighted by molar-refractivity contribution is 0.536. The summed E-state index contributed by atoms with van der Waals surface area (Å²) < 4.78 is 1.84. The van der Waals surface area contributed by atoms with Crippen molar-refractivity contribution in [1.29, 1.82) is 0 Å². The molecule has 5 heteroatoms. The molecule has 0 saturated heterocycles. The van der Waals surface area contributed by atoms with Gasteiger partial charge in [-0.15, -0.1) is 16.4 Å². The molecule has 4 nitrogen and oxygen atoms in total. The summed E-state index contributed by atoms with van der Waals surface area (Å²) in [6.07, 6.45) is 2.97. The molecule has 2 aromatic rings. The molecule has 0 amide bonds. The predicted molar refractivity (Wildman–Crippen MR) is 58.9 cm³/mol. The van der Waals surface area contributed by atoms with Crippen LogP contribution in [0, 0.1) is 0 Å². The lowest BCUT2D eigenvalue weighted by Crippen LogP contribution is -2.30. The third-order valence-corrected chi connectivity index (χ3v) is 3.85. The van der Waals surface area contributed by atoms with Crippen LogP contribution >= 0.6 is 11.3 Å². The van der Waals surface area contributed by atoms with Crippen molar-refractivity contribution in [3.05, 3.63) is 33.8 Å². The minimum atomic E-state index is 0.272. The monoisotopic (exact) mass is 220 g/mol. The van der Waals surface area contributed by atoms with E-state index in [4.69, 9.17) is 0 Å². The normalized spacial score (nSPS) is 20.2. The van der Waals surface area contributed by atoms with Gasteiger partial charge in [0.1, 0.15) is 0 Å². The summed E-state index contributed by atoms with van der Waals surface area (Å²) in [6.45, 7) is 1.03. The van der Waals surface area contributed by atoms with E-state index < -0.39 is 0 Å². The van der Waals surface area contributed by atoms with Crippen molar-refractivity contribution in [3.63, 3.8) is 0 Å². The van der Waals surface area contributed by atoms with Crippen LogP contribution in [0.2, 0.25) is 0 Å². The fraction of sp³-hybridized carbons (Fsp3) is 0.400. The predicted octanol–water partition coefficient (Wildman–Crippen LogP) is 1.11. The molecule has 0 fully saturated rings. The highest BCUT2D eigenvalue weighted by molar-refractivity contribution is 7.10. The topological polar surface area (TPSA) is 42.7 Å². The van der Waals surface area contributed by atoms with E-state index in [0.717, 1.165) is 18.7 Å². The molecule has 1 aliphatic rings. The zero-order chi connectivity index (χ0) is 10.3. The highest BCUT2D eigenvalue weighted by Crippen LogP contribution is 2.31. The Balaban J connectivity index is 2.07. The highest BCUT2D eigenvalue weighted by Gasteiger charge is 2.24. The van der Waals surface area contributed by atoms with Gasteiger partial charge in [0, 0.05) is 18.5 Å². The van der Waals surface area contributed by atoms with Gasteiger partial charge in [0.15, 0.2) is 0 Å². The molecule has 1 unspecified atom stereocenters. The van der Waals surface area contributed by atoms with E-state index in [9.17, 15) is 0 Å². The van der Waals surface area contributed by atoms with Crippen LogP contribution in [0.4, 0.5) is 0 Å². The molecular formula is C10H12N4S. The standard InChI is InChI=1S/C10H12N4S/c1-14-8(6-12-13-14)9-10-7(2-4-11-9)3-5-15-10/h3,5-6,9,11H,2,4H2,1H3. The first-order chi connectivity index (χ1) is 7.36. The molecule has 0 bridgehead atoms. The second kappa shape index (κ2) is 3.43. The highest BCUT2D eigenvalue weighted by atomic mass is 32.1. The van der Waals surface area contributed by atoms with E-state index in [-0.39, 0.29) is 6.04 Å². The third-order valence-electron chi connectivity index (χ3n) is 2.83. The first kappa shape index (κ1) is 9.06. The van der Waals surface area contributed by atoms with Crippen molar-refractivity contribution in [2.75, 3.05) is 6.54 Å². The number of nitrogens with zero attached hydrogens (tertiary/aromatic N) is 3. The van der Waals surface area contributed by atoms with Crippen LogP contribution in [-0.2, 0) is 13.5 Å². The molecule has 0 aromatic carbocycles. The van der Waals surface area contributed by atoms with Gasteiger partial charge in [-0.1, -0.05) is 5.21 Å². The second-order valence-electron chi connectivity index (χ2n) is 3.73. The maximum atomic E-state index is 3.98. The SMILES string of the molecule is Cn1nncc1C1NCCc2ccsc21. The molecule has 1 aliphatic heterocycles. The molecule has 3 rings (SSSR count). The number of fused-ring (bicyclic) bond motifs is 1. The van der Waals surface area contributed by atoms with E-state index in [1.807, 2.05) is 29.3 Å². The van der Waals surface area contributed by atoms with Gasteiger partial charge in [-0.05, 0) is 23.4 Å². The van der Waals surface area contributed by atoms with Gasteiger partial charge in [-0.25, -0.2) is 0 Å². The van der Waals surface area contributed by atoms with Gasteiger partial charge in [0.2, 0.25) is 0 Å². The van der Waals surface area contributed by atoms with E-state index in [2.05, 4.69) is 27.1 Å². The molecule has 2 aromatic heterocycles. The molecule has 1 N–H and O–H groups in total. The van der Waals surface area contributed by atoms with E-state index >= 15 is 0 Å². The van der Waals surface area contributed by atoms with Crippen molar-refractivity contribution >= 4 is 11.3 Å². The molecule has 0 aliphatic carbocycles. The summed E-state index contributed by atoms with van der Waals surface area (Å²) in [6, 6.07) is 2.49. The number of thiophene rings is 1. The van der Waals surface area contributed by atoms with Crippen molar-refractivity contribution in [3.8, 4) is 0 Å². The first-order valence-corrected chi connectivity index (χ1v) is 5.88. The van der Waals surface area contributed by atoms with Crippen LogP contribution in [0.5, 0.6) is 0 Å². The molecule has 0 spiro atoms. The Labute approximate surface area is 91.9 Å². The van der Waals surface area contributed by atoms with Crippen molar-refractivity contribution < 1.29 is 0 Å². The quantitative estimate of drug-likeness (QED) is 0.783. The number of nitrogens with one attached hydrogen (secondary N) is 1. The van der Waals surface area contributed by atoms with Crippen LogP contribution in [0.3, 0.4) is 0 Å². The molecule has 0 saturated carbocycles. The van der Waals surface area contributed by atoms with E-state index in [0.29, 0.717) is 0 Å². The van der Waals surface area contributed by atoms with Crippen LogP contribution in [-0.4, -0.2) is 21.5 Å². The molecule has 78 valence electrons. The number of aryl methyl sites for hydroxylation is 1. The van der Waals surface area contributed by atoms with Crippen LogP contribution in [0.1, 0.15) is 22.2 Å².